The topological polar surface area (TPSA) is 65.0 Å². The summed E-state index contributed by atoms with van der Waals surface area (Å²) in [5.41, 5.74) is 0.462. The van der Waals surface area contributed by atoms with E-state index < -0.39 is 17.9 Å². The predicted molar refractivity (Wildman–Crippen MR) is 75.1 cm³/mol. The number of benzene rings is 1. The van der Waals surface area contributed by atoms with E-state index in [4.69, 9.17) is 14.2 Å². The van der Waals surface area contributed by atoms with Crippen LogP contribution < -0.4 is 9.47 Å². The molecule has 1 atom stereocenters. The lowest BCUT2D eigenvalue weighted by molar-refractivity contribution is -0.153. The number of ether oxygens (including phenoxy) is 3. The summed E-state index contributed by atoms with van der Waals surface area (Å²) in [6, 6.07) is 5.09. The second-order valence-corrected chi connectivity index (χ2v) is 5.54. The molecule has 21 heavy (non-hydrogen) atoms. The van der Waals surface area contributed by atoms with E-state index in [0.29, 0.717) is 17.1 Å². The van der Waals surface area contributed by atoms with Crippen LogP contribution in [0.4, 0.5) is 0 Å². The number of rotatable bonds is 3. The summed E-state index contributed by atoms with van der Waals surface area (Å²) in [5.74, 6) is 0.0758. The average molecular weight is 292 g/mol. The van der Waals surface area contributed by atoms with Crippen molar-refractivity contribution in [1.82, 2.24) is 0 Å². The highest BCUT2D eigenvalue weighted by Gasteiger charge is 2.42. The molecule has 0 bridgehead atoms. The van der Waals surface area contributed by atoms with Gasteiger partial charge >= 0.3 is 5.97 Å². The Hall–Kier alpha value is -1.75. The zero-order valence-corrected chi connectivity index (χ0v) is 12.1. The van der Waals surface area contributed by atoms with Crippen LogP contribution in [0.1, 0.15) is 50.7 Å². The lowest BCUT2D eigenvalue weighted by Crippen LogP contribution is -2.40. The average Bonchev–Trinajstić information content (AvgIpc) is 2.83. The fraction of sp³-hybridized carbons (Fsp3) is 0.562. The zero-order chi connectivity index (χ0) is 14.9. The SMILES string of the molecule is CCOC(=O)C(O)c1ccc2c(c1)OC1(CCCCC1)O2. The fourth-order valence-electron chi connectivity index (χ4n) is 2.93. The van der Waals surface area contributed by atoms with E-state index in [9.17, 15) is 9.90 Å². The van der Waals surface area contributed by atoms with Gasteiger partial charge in [-0.05, 0) is 37.5 Å². The van der Waals surface area contributed by atoms with E-state index >= 15 is 0 Å². The molecule has 1 saturated carbocycles. The molecule has 1 heterocycles. The van der Waals surface area contributed by atoms with Gasteiger partial charge in [0.2, 0.25) is 0 Å². The molecule has 0 aromatic heterocycles. The van der Waals surface area contributed by atoms with Crippen LogP contribution in [0.3, 0.4) is 0 Å². The third-order valence-electron chi connectivity index (χ3n) is 4.00. The van der Waals surface area contributed by atoms with Gasteiger partial charge in [-0.1, -0.05) is 12.5 Å². The minimum Gasteiger partial charge on any atom is -0.464 e. The molecule has 0 saturated heterocycles. The maximum absolute atomic E-state index is 11.6. The molecule has 2 aliphatic rings. The molecule has 5 nitrogen and oxygen atoms in total. The Bertz CT molecular complexity index is 533. The third kappa shape index (κ3) is 2.70. The molecular formula is C16H20O5. The first-order valence-electron chi connectivity index (χ1n) is 7.50. The van der Waals surface area contributed by atoms with E-state index in [0.717, 1.165) is 25.7 Å². The molecule has 5 heteroatoms. The number of hydrogen-bond donors (Lipinski definition) is 1. The van der Waals surface area contributed by atoms with Gasteiger partial charge in [-0.2, -0.15) is 0 Å². The highest BCUT2D eigenvalue weighted by atomic mass is 16.7. The van der Waals surface area contributed by atoms with E-state index in [1.807, 2.05) is 0 Å². The summed E-state index contributed by atoms with van der Waals surface area (Å²) in [5, 5.41) is 9.98. The van der Waals surface area contributed by atoms with Crippen molar-refractivity contribution in [3.8, 4) is 11.5 Å². The van der Waals surface area contributed by atoms with Gasteiger partial charge in [0.05, 0.1) is 6.61 Å². The van der Waals surface area contributed by atoms with Gasteiger partial charge in [-0.25, -0.2) is 4.79 Å². The first kappa shape index (κ1) is 14.2. The van der Waals surface area contributed by atoms with Crippen molar-refractivity contribution in [2.45, 2.75) is 50.9 Å². The van der Waals surface area contributed by atoms with Gasteiger partial charge in [0, 0.05) is 12.8 Å². The number of aliphatic hydroxyl groups is 1. The lowest BCUT2D eigenvalue weighted by Gasteiger charge is -2.31. The molecule has 3 rings (SSSR count). The number of hydrogen-bond acceptors (Lipinski definition) is 5. The molecule has 0 amide bonds. The summed E-state index contributed by atoms with van der Waals surface area (Å²) >= 11 is 0. The quantitative estimate of drug-likeness (QED) is 0.868. The standard InChI is InChI=1S/C16H20O5/c1-2-19-15(18)14(17)11-6-7-12-13(10-11)21-16(20-12)8-4-3-5-9-16/h6-7,10,14,17H,2-5,8-9H2,1H3. The molecule has 1 aliphatic heterocycles. The highest BCUT2D eigenvalue weighted by molar-refractivity contribution is 5.76. The van der Waals surface area contributed by atoms with Crippen molar-refractivity contribution in [1.29, 1.82) is 0 Å². The Kier molecular flexibility index (Phi) is 3.76. The van der Waals surface area contributed by atoms with Crippen LogP contribution >= 0.6 is 0 Å². The largest absolute Gasteiger partial charge is 0.464 e. The summed E-state index contributed by atoms with van der Waals surface area (Å²) in [4.78, 5) is 11.6. The van der Waals surface area contributed by atoms with Crippen LogP contribution in [-0.4, -0.2) is 23.5 Å². The second kappa shape index (κ2) is 5.56. The minimum absolute atomic E-state index is 0.240. The van der Waals surface area contributed by atoms with Gasteiger partial charge in [-0.3, -0.25) is 0 Å². The summed E-state index contributed by atoms with van der Waals surface area (Å²) in [6.45, 7) is 1.95. The Morgan fingerprint density at radius 2 is 2.00 bits per heavy atom. The van der Waals surface area contributed by atoms with Crippen molar-refractivity contribution in [2.24, 2.45) is 0 Å². The van der Waals surface area contributed by atoms with Crippen molar-refractivity contribution in [3.63, 3.8) is 0 Å². The number of aliphatic hydroxyl groups excluding tert-OH is 1. The molecule has 114 valence electrons. The predicted octanol–water partition coefficient (Wildman–Crippen LogP) is 2.71. The van der Waals surface area contributed by atoms with Gasteiger partial charge in [0.25, 0.3) is 5.79 Å². The van der Waals surface area contributed by atoms with E-state index in [2.05, 4.69) is 0 Å². The van der Waals surface area contributed by atoms with Gasteiger partial charge < -0.3 is 19.3 Å². The van der Waals surface area contributed by atoms with Gasteiger partial charge in [-0.15, -0.1) is 0 Å². The van der Waals surface area contributed by atoms with E-state index in [-0.39, 0.29) is 6.61 Å². The highest BCUT2D eigenvalue weighted by Crippen LogP contribution is 2.46. The zero-order valence-electron chi connectivity index (χ0n) is 12.1. The maximum atomic E-state index is 11.6. The van der Waals surface area contributed by atoms with Crippen molar-refractivity contribution >= 4 is 5.97 Å². The van der Waals surface area contributed by atoms with Crippen LogP contribution in [-0.2, 0) is 9.53 Å². The van der Waals surface area contributed by atoms with Gasteiger partial charge in [0.15, 0.2) is 17.6 Å². The Balaban J connectivity index is 1.78. The van der Waals surface area contributed by atoms with Crippen LogP contribution in [0, 0.1) is 0 Å². The summed E-state index contributed by atoms with van der Waals surface area (Å²) < 4.78 is 16.8. The van der Waals surface area contributed by atoms with Crippen LogP contribution in [0.15, 0.2) is 18.2 Å². The van der Waals surface area contributed by atoms with Crippen LogP contribution in [0.25, 0.3) is 0 Å². The normalized spacial score (nSPS) is 20.3. The Labute approximate surface area is 123 Å². The minimum atomic E-state index is -1.29. The Morgan fingerprint density at radius 3 is 2.71 bits per heavy atom. The van der Waals surface area contributed by atoms with E-state index in [1.165, 1.54) is 6.42 Å². The summed E-state index contributed by atoms with van der Waals surface area (Å²) in [6.07, 6.45) is 3.84. The molecule has 1 aliphatic carbocycles. The van der Waals surface area contributed by atoms with Crippen molar-refractivity contribution in [2.75, 3.05) is 6.61 Å². The molecule has 1 spiro atoms. The molecule has 1 aromatic carbocycles. The number of esters is 1. The first-order chi connectivity index (χ1) is 10.1. The smallest absolute Gasteiger partial charge is 0.339 e. The van der Waals surface area contributed by atoms with Crippen molar-refractivity contribution in [3.05, 3.63) is 23.8 Å². The Morgan fingerprint density at radius 1 is 1.29 bits per heavy atom. The molecule has 1 N–H and O–H groups in total. The molecule has 1 fully saturated rings. The molecule has 1 aromatic rings. The molecule has 0 radical (unpaired) electrons. The van der Waals surface area contributed by atoms with Crippen LogP contribution in [0.5, 0.6) is 11.5 Å². The van der Waals surface area contributed by atoms with Gasteiger partial charge in [0.1, 0.15) is 0 Å². The third-order valence-corrected chi connectivity index (χ3v) is 4.00. The monoisotopic (exact) mass is 292 g/mol. The van der Waals surface area contributed by atoms with E-state index in [1.54, 1.807) is 25.1 Å². The lowest BCUT2D eigenvalue weighted by atomic mass is 9.94. The summed E-state index contributed by atoms with van der Waals surface area (Å²) in [7, 11) is 0. The molecular weight excluding hydrogens is 272 g/mol. The first-order valence-corrected chi connectivity index (χ1v) is 7.50. The number of carbonyl (C=O) groups excluding carboxylic acids is 1. The van der Waals surface area contributed by atoms with Crippen molar-refractivity contribution < 1.29 is 24.1 Å². The number of fused-ring (bicyclic) bond motifs is 1. The molecule has 1 unspecified atom stereocenters. The fourth-order valence-corrected chi connectivity index (χ4v) is 2.93. The maximum Gasteiger partial charge on any atom is 0.339 e. The second-order valence-electron chi connectivity index (χ2n) is 5.54. The number of carbonyl (C=O) groups is 1. The van der Waals surface area contributed by atoms with Crippen LogP contribution in [0.2, 0.25) is 0 Å².